The van der Waals surface area contributed by atoms with Crippen LogP contribution >= 0.6 is 15.9 Å². The zero-order chi connectivity index (χ0) is 13.1. The van der Waals surface area contributed by atoms with Crippen LogP contribution in [0.3, 0.4) is 0 Å². The molecule has 5 heteroatoms. The smallest absolute Gasteiger partial charge is 0.255 e. The van der Waals surface area contributed by atoms with Crippen molar-refractivity contribution in [3.8, 4) is 0 Å². The number of likely N-dealkylation sites (tertiary alicyclic amines) is 1. The van der Waals surface area contributed by atoms with Gasteiger partial charge in [-0.15, -0.1) is 0 Å². The molecule has 1 aromatic carbocycles. The lowest BCUT2D eigenvalue weighted by atomic mass is 10.1. The Morgan fingerprint density at radius 1 is 1.61 bits per heavy atom. The number of benzene rings is 1. The molecule has 98 valence electrons. The maximum atomic E-state index is 13.2. The minimum atomic E-state index is -0.383. The van der Waals surface area contributed by atoms with E-state index in [1.165, 1.54) is 12.1 Å². The van der Waals surface area contributed by atoms with Crippen LogP contribution in [-0.4, -0.2) is 37.0 Å². The maximum Gasteiger partial charge on any atom is 0.255 e. The molecule has 1 N–H and O–H groups in total. The Morgan fingerprint density at radius 3 is 3.11 bits per heavy atom. The lowest BCUT2D eigenvalue weighted by Crippen LogP contribution is -2.41. The third-order valence-corrected chi connectivity index (χ3v) is 3.93. The average Bonchev–Trinajstić information content (AvgIpc) is 2.80. The van der Waals surface area contributed by atoms with Crippen LogP contribution < -0.4 is 5.32 Å². The molecular weight excluding hydrogens is 299 g/mol. The first-order chi connectivity index (χ1) is 8.63. The zero-order valence-corrected chi connectivity index (χ0v) is 11.8. The fraction of sp³-hybridized carbons (Fsp3) is 0.462. The van der Waals surface area contributed by atoms with Gasteiger partial charge in [0, 0.05) is 23.6 Å². The van der Waals surface area contributed by atoms with Crippen LogP contribution in [-0.2, 0) is 0 Å². The summed E-state index contributed by atoms with van der Waals surface area (Å²) >= 11 is 3.31. The molecule has 0 spiro atoms. The molecule has 1 heterocycles. The standard InChI is InChI=1S/C13H16BrFN2O/c1-16-8-10-3-2-6-17(10)13(18)11-7-9(15)4-5-12(11)14/h4-5,7,10,16H,2-3,6,8H2,1H3/t10-/m1/s1. The van der Waals surface area contributed by atoms with E-state index in [0.29, 0.717) is 10.0 Å². The Bertz CT molecular complexity index is 453. The highest BCUT2D eigenvalue weighted by Crippen LogP contribution is 2.24. The molecule has 1 amide bonds. The van der Waals surface area contributed by atoms with E-state index in [-0.39, 0.29) is 17.8 Å². The number of halogens is 2. The number of nitrogens with one attached hydrogen (secondary N) is 1. The van der Waals surface area contributed by atoms with Gasteiger partial charge in [-0.1, -0.05) is 0 Å². The SMILES string of the molecule is CNC[C@H]1CCCN1C(=O)c1cc(F)ccc1Br. The Kier molecular flexibility index (Phi) is 4.35. The predicted octanol–water partition coefficient (Wildman–Crippen LogP) is 2.41. The van der Waals surface area contributed by atoms with Crippen LogP contribution in [0.25, 0.3) is 0 Å². The second kappa shape index (κ2) is 5.80. The highest BCUT2D eigenvalue weighted by atomic mass is 79.9. The first-order valence-electron chi connectivity index (χ1n) is 6.04. The van der Waals surface area contributed by atoms with E-state index >= 15 is 0 Å². The molecule has 0 bridgehead atoms. The largest absolute Gasteiger partial charge is 0.334 e. The van der Waals surface area contributed by atoms with E-state index < -0.39 is 0 Å². The highest BCUT2D eigenvalue weighted by molar-refractivity contribution is 9.10. The lowest BCUT2D eigenvalue weighted by Gasteiger charge is -2.25. The highest BCUT2D eigenvalue weighted by Gasteiger charge is 2.29. The Hall–Kier alpha value is -0.940. The van der Waals surface area contributed by atoms with E-state index in [9.17, 15) is 9.18 Å². The molecule has 0 aliphatic carbocycles. The van der Waals surface area contributed by atoms with Crippen LogP contribution in [0, 0.1) is 5.82 Å². The van der Waals surface area contributed by atoms with Crippen LogP contribution in [0.1, 0.15) is 23.2 Å². The van der Waals surface area contributed by atoms with E-state index in [0.717, 1.165) is 25.9 Å². The van der Waals surface area contributed by atoms with Gasteiger partial charge < -0.3 is 10.2 Å². The third kappa shape index (κ3) is 2.72. The molecule has 1 saturated heterocycles. The van der Waals surface area contributed by atoms with E-state index in [2.05, 4.69) is 21.2 Å². The number of amides is 1. The monoisotopic (exact) mass is 314 g/mol. The van der Waals surface area contributed by atoms with Gasteiger partial charge in [0.05, 0.1) is 5.56 Å². The van der Waals surface area contributed by atoms with Crippen molar-refractivity contribution in [2.24, 2.45) is 0 Å². The summed E-state index contributed by atoms with van der Waals surface area (Å²) in [4.78, 5) is 14.2. The predicted molar refractivity (Wildman–Crippen MR) is 72.1 cm³/mol. The summed E-state index contributed by atoms with van der Waals surface area (Å²) in [6.07, 6.45) is 2.00. The molecule has 1 aliphatic rings. The van der Waals surface area contributed by atoms with Crippen molar-refractivity contribution in [3.63, 3.8) is 0 Å². The van der Waals surface area contributed by atoms with Gasteiger partial charge in [0.1, 0.15) is 5.82 Å². The maximum absolute atomic E-state index is 13.2. The molecule has 0 saturated carbocycles. The molecule has 3 nitrogen and oxygen atoms in total. The molecule has 18 heavy (non-hydrogen) atoms. The summed E-state index contributed by atoms with van der Waals surface area (Å²) in [5.74, 6) is -0.481. The molecule has 0 unspecified atom stereocenters. The van der Waals surface area contributed by atoms with E-state index in [1.807, 2.05) is 11.9 Å². The van der Waals surface area contributed by atoms with E-state index in [4.69, 9.17) is 0 Å². The van der Waals surface area contributed by atoms with Gasteiger partial charge >= 0.3 is 0 Å². The first kappa shape index (κ1) is 13.5. The van der Waals surface area contributed by atoms with Crippen molar-refractivity contribution in [1.82, 2.24) is 10.2 Å². The molecule has 0 radical (unpaired) electrons. The normalized spacial score (nSPS) is 19.3. The number of hydrogen-bond donors (Lipinski definition) is 1. The fourth-order valence-corrected chi connectivity index (χ4v) is 2.78. The molecular formula is C13H16BrFN2O. The zero-order valence-electron chi connectivity index (χ0n) is 10.2. The molecule has 0 aromatic heterocycles. The summed E-state index contributed by atoms with van der Waals surface area (Å²) in [5, 5.41) is 3.09. The Morgan fingerprint density at radius 2 is 2.39 bits per heavy atom. The van der Waals surface area contributed by atoms with Crippen molar-refractivity contribution in [2.45, 2.75) is 18.9 Å². The summed E-state index contributed by atoms with van der Waals surface area (Å²) < 4.78 is 13.9. The minimum Gasteiger partial charge on any atom is -0.334 e. The number of nitrogens with zero attached hydrogens (tertiary/aromatic N) is 1. The number of carbonyl (C=O) groups excluding carboxylic acids is 1. The summed E-state index contributed by atoms with van der Waals surface area (Å²) in [6, 6.07) is 4.42. The third-order valence-electron chi connectivity index (χ3n) is 3.24. The lowest BCUT2D eigenvalue weighted by molar-refractivity contribution is 0.0735. The van der Waals surface area contributed by atoms with Crippen LogP contribution in [0.15, 0.2) is 22.7 Å². The molecule has 1 aromatic rings. The van der Waals surface area contributed by atoms with Crippen LogP contribution in [0.5, 0.6) is 0 Å². The van der Waals surface area contributed by atoms with Crippen molar-refractivity contribution >= 4 is 21.8 Å². The van der Waals surface area contributed by atoms with Gasteiger partial charge in [0.25, 0.3) is 5.91 Å². The minimum absolute atomic E-state index is 0.0980. The summed E-state index contributed by atoms with van der Waals surface area (Å²) in [7, 11) is 1.87. The topological polar surface area (TPSA) is 32.3 Å². The summed E-state index contributed by atoms with van der Waals surface area (Å²) in [6.45, 7) is 1.52. The number of carbonyl (C=O) groups is 1. The first-order valence-corrected chi connectivity index (χ1v) is 6.83. The van der Waals surface area contributed by atoms with Crippen molar-refractivity contribution in [2.75, 3.05) is 20.1 Å². The molecule has 1 atom stereocenters. The van der Waals surface area contributed by atoms with Gasteiger partial charge in [-0.05, 0) is 54.0 Å². The number of likely N-dealkylation sites (N-methyl/N-ethyl adjacent to an activating group) is 1. The fourth-order valence-electron chi connectivity index (χ4n) is 2.37. The van der Waals surface area contributed by atoms with Crippen molar-refractivity contribution in [3.05, 3.63) is 34.1 Å². The number of rotatable bonds is 3. The second-order valence-electron chi connectivity index (χ2n) is 4.48. The number of hydrogen-bond acceptors (Lipinski definition) is 2. The van der Waals surface area contributed by atoms with Gasteiger partial charge in [-0.3, -0.25) is 4.79 Å². The van der Waals surface area contributed by atoms with Gasteiger partial charge in [0.2, 0.25) is 0 Å². The Balaban J connectivity index is 2.22. The van der Waals surface area contributed by atoms with Crippen molar-refractivity contribution < 1.29 is 9.18 Å². The Labute approximate surface area is 114 Å². The molecule has 2 rings (SSSR count). The quantitative estimate of drug-likeness (QED) is 0.929. The van der Waals surface area contributed by atoms with E-state index in [1.54, 1.807) is 6.07 Å². The van der Waals surface area contributed by atoms with Crippen LogP contribution in [0.2, 0.25) is 0 Å². The second-order valence-corrected chi connectivity index (χ2v) is 5.33. The van der Waals surface area contributed by atoms with Crippen molar-refractivity contribution in [1.29, 1.82) is 0 Å². The van der Waals surface area contributed by atoms with Gasteiger partial charge in [0.15, 0.2) is 0 Å². The van der Waals surface area contributed by atoms with Gasteiger partial charge in [-0.25, -0.2) is 4.39 Å². The molecule has 1 fully saturated rings. The summed E-state index contributed by atoms with van der Waals surface area (Å²) in [5.41, 5.74) is 0.401. The van der Waals surface area contributed by atoms with Crippen LogP contribution in [0.4, 0.5) is 4.39 Å². The van der Waals surface area contributed by atoms with Gasteiger partial charge in [-0.2, -0.15) is 0 Å². The molecule has 1 aliphatic heterocycles. The average molecular weight is 315 g/mol.